The molecular weight excluding hydrogens is 414 g/mol. The summed E-state index contributed by atoms with van der Waals surface area (Å²) in [5.74, 6) is -1.98. The molecule has 0 fully saturated rings. The second-order valence-corrected chi connectivity index (χ2v) is 9.94. The summed E-state index contributed by atoms with van der Waals surface area (Å²) in [5.41, 5.74) is -0.320. The van der Waals surface area contributed by atoms with E-state index in [9.17, 15) is 22.0 Å². The van der Waals surface area contributed by atoms with Crippen LogP contribution in [0.2, 0.25) is 0 Å². The van der Waals surface area contributed by atoms with Gasteiger partial charge in [-0.2, -0.15) is 0 Å². The first-order valence-corrected chi connectivity index (χ1v) is 11.0. The SMILES string of the molecule is CC(C)CN1C(=O)C(C)(C)COc2ccc(NS(=O)(=O)c3c(F)cccc3F)cc21. The molecule has 0 aromatic heterocycles. The smallest absolute Gasteiger partial charge is 0.267 e. The third kappa shape index (κ3) is 4.26. The van der Waals surface area contributed by atoms with Crippen molar-refractivity contribution >= 4 is 27.3 Å². The van der Waals surface area contributed by atoms with Crippen molar-refractivity contribution < 1.29 is 26.7 Å². The number of benzene rings is 2. The van der Waals surface area contributed by atoms with Gasteiger partial charge in [-0.1, -0.05) is 19.9 Å². The van der Waals surface area contributed by atoms with Gasteiger partial charge in [-0.15, -0.1) is 0 Å². The van der Waals surface area contributed by atoms with Gasteiger partial charge in [-0.25, -0.2) is 17.2 Å². The van der Waals surface area contributed by atoms with Crippen LogP contribution in [-0.4, -0.2) is 27.5 Å². The van der Waals surface area contributed by atoms with E-state index in [1.54, 1.807) is 18.7 Å². The zero-order chi connectivity index (χ0) is 22.3. The molecule has 0 saturated heterocycles. The Morgan fingerprint density at radius 3 is 2.40 bits per heavy atom. The maximum Gasteiger partial charge on any atom is 0.267 e. The van der Waals surface area contributed by atoms with Crippen LogP contribution in [0.3, 0.4) is 0 Å². The van der Waals surface area contributed by atoms with Crippen LogP contribution >= 0.6 is 0 Å². The molecule has 0 atom stereocenters. The van der Waals surface area contributed by atoms with E-state index in [1.807, 2.05) is 13.8 Å². The Labute approximate surface area is 174 Å². The van der Waals surface area contributed by atoms with Gasteiger partial charge in [-0.05, 0) is 50.1 Å². The molecule has 0 saturated carbocycles. The van der Waals surface area contributed by atoms with E-state index in [2.05, 4.69) is 4.72 Å². The van der Waals surface area contributed by atoms with Crippen molar-refractivity contribution in [3.8, 4) is 5.75 Å². The highest BCUT2D eigenvalue weighted by Gasteiger charge is 2.38. The number of rotatable bonds is 5. The molecule has 162 valence electrons. The number of ether oxygens (including phenoxy) is 1. The van der Waals surface area contributed by atoms with Gasteiger partial charge < -0.3 is 9.64 Å². The zero-order valence-corrected chi connectivity index (χ0v) is 18.0. The topological polar surface area (TPSA) is 75.7 Å². The molecule has 2 aromatic carbocycles. The maximum atomic E-state index is 14.0. The number of halogens is 2. The lowest BCUT2D eigenvalue weighted by Gasteiger charge is -2.29. The Kier molecular flexibility index (Phi) is 5.77. The maximum absolute atomic E-state index is 14.0. The van der Waals surface area contributed by atoms with Crippen LogP contribution < -0.4 is 14.4 Å². The molecule has 3 rings (SSSR count). The van der Waals surface area contributed by atoms with Crippen LogP contribution in [0.5, 0.6) is 5.75 Å². The second kappa shape index (κ2) is 7.86. The van der Waals surface area contributed by atoms with E-state index < -0.39 is 32.0 Å². The molecule has 1 aliphatic rings. The first-order chi connectivity index (χ1) is 13.9. The second-order valence-electron chi connectivity index (χ2n) is 8.32. The third-order valence-electron chi connectivity index (χ3n) is 4.65. The number of carbonyl (C=O) groups excluding carboxylic acids is 1. The molecule has 6 nitrogen and oxygen atoms in total. The molecule has 2 aromatic rings. The van der Waals surface area contributed by atoms with E-state index in [-0.39, 0.29) is 24.1 Å². The van der Waals surface area contributed by atoms with Crippen molar-refractivity contribution in [1.82, 2.24) is 0 Å². The molecule has 0 bridgehead atoms. The van der Waals surface area contributed by atoms with E-state index in [0.29, 0.717) is 18.0 Å². The van der Waals surface area contributed by atoms with Crippen molar-refractivity contribution in [2.75, 3.05) is 22.8 Å². The quantitative estimate of drug-likeness (QED) is 0.760. The minimum absolute atomic E-state index is 0.0567. The summed E-state index contributed by atoms with van der Waals surface area (Å²) in [4.78, 5) is 13.6. The minimum Gasteiger partial charge on any atom is -0.490 e. The zero-order valence-electron chi connectivity index (χ0n) is 17.2. The Bertz CT molecular complexity index is 1060. The van der Waals surface area contributed by atoms with E-state index in [1.165, 1.54) is 18.2 Å². The van der Waals surface area contributed by atoms with Crippen LogP contribution in [-0.2, 0) is 14.8 Å². The summed E-state index contributed by atoms with van der Waals surface area (Å²) in [6.07, 6.45) is 0. The first-order valence-electron chi connectivity index (χ1n) is 9.48. The molecule has 0 spiro atoms. The summed E-state index contributed by atoms with van der Waals surface area (Å²) in [7, 11) is -4.53. The predicted molar refractivity (Wildman–Crippen MR) is 110 cm³/mol. The fourth-order valence-corrected chi connectivity index (χ4v) is 4.39. The summed E-state index contributed by atoms with van der Waals surface area (Å²) in [6, 6.07) is 7.22. The van der Waals surface area contributed by atoms with E-state index >= 15 is 0 Å². The van der Waals surface area contributed by atoms with Crippen molar-refractivity contribution in [3.05, 3.63) is 48.0 Å². The van der Waals surface area contributed by atoms with Crippen molar-refractivity contribution in [3.63, 3.8) is 0 Å². The molecule has 0 aliphatic carbocycles. The third-order valence-corrected chi connectivity index (χ3v) is 6.08. The normalized spacial score (nSPS) is 16.1. The van der Waals surface area contributed by atoms with Gasteiger partial charge in [0.2, 0.25) is 5.91 Å². The molecule has 0 unspecified atom stereocenters. The number of nitrogens with zero attached hydrogens (tertiary/aromatic N) is 1. The van der Waals surface area contributed by atoms with Crippen LogP contribution in [0.15, 0.2) is 41.3 Å². The van der Waals surface area contributed by atoms with Crippen LogP contribution in [0.4, 0.5) is 20.2 Å². The molecule has 0 radical (unpaired) electrons. The molecule has 1 aliphatic heterocycles. The molecule has 9 heteroatoms. The van der Waals surface area contributed by atoms with Crippen LogP contribution in [0.25, 0.3) is 0 Å². The lowest BCUT2D eigenvalue weighted by Crippen LogP contribution is -2.43. The lowest BCUT2D eigenvalue weighted by atomic mass is 9.92. The number of fused-ring (bicyclic) bond motifs is 1. The number of hydrogen-bond acceptors (Lipinski definition) is 4. The van der Waals surface area contributed by atoms with Crippen LogP contribution in [0.1, 0.15) is 27.7 Å². The number of carbonyl (C=O) groups is 1. The van der Waals surface area contributed by atoms with Gasteiger partial charge in [0.05, 0.1) is 16.8 Å². The number of amides is 1. The van der Waals surface area contributed by atoms with Crippen LogP contribution in [0, 0.1) is 23.0 Å². The first kappa shape index (κ1) is 22.0. The molecule has 1 N–H and O–H groups in total. The van der Waals surface area contributed by atoms with Gasteiger partial charge in [-0.3, -0.25) is 9.52 Å². The average molecular weight is 438 g/mol. The van der Waals surface area contributed by atoms with E-state index in [0.717, 1.165) is 18.2 Å². The van der Waals surface area contributed by atoms with Gasteiger partial charge in [0.25, 0.3) is 10.0 Å². The highest BCUT2D eigenvalue weighted by atomic mass is 32.2. The Balaban J connectivity index is 2.04. The average Bonchev–Trinajstić information content (AvgIpc) is 2.71. The standard InChI is InChI=1S/C21H24F2N2O4S/c1-13(2)11-25-17-10-14(8-9-18(17)29-12-21(3,4)20(25)26)24-30(27,28)19-15(22)6-5-7-16(19)23/h5-10,13,24H,11-12H2,1-4H3. The highest BCUT2D eigenvalue weighted by Crippen LogP contribution is 2.39. The molecule has 30 heavy (non-hydrogen) atoms. The minimum atomic E-state index is -4.53. The Morgan fingerprint density at radius 2 is 1.80 bits per heavy atom. The van der Waals surface area contributed by atoms with E-state index in [4.69, 9.17) is 4.74 Å². The van der Waals surface area contributed by atoms with Crippen molar-refractivity contribution in [1.29, 1.82) is 0 Å². The number of hydrogen-bond donors (Lipinski definition) is 1. The Hall–Kier alpha value is -2.68. The van der Waals surface area contributed by atoms with Crippen molar-refractivity contribution in [2.45, 2.75) is 32.6 Å². The number of sulfonamides is 1. The summed E-state index contributed by atoms with van der Waals surface area (Å²) < 4.78 is 61.2. The highest BCUT2D eigenvalue weighted by molar-refractivity contribution is 7.92. The Morgan fingerprint density at radius 1 is 1.17 bits per heavy atom. The molecule has 1 heterocycles. The summed E-state index contributed by atoms with van der Waals surface area (Å²) >= 11 is 0. The number of anilines is 2. The fourth-order valence-electron chi connectivity index (χ4n) is 3.20. The van der Waals surface area contributed by atoms with Crippen molar-refractivity contribution in [2.24, 2.45) is 11.3 Å². The predicted octanol–water partition coefficient (Wildman–Crippen LogP) is 4.17. The number of nitrogens with one attached hydrogen (secondary N) is 1. The van der Waals surface area contributed by atoms with Gasteiger partial charge >= 0.3 is 0 Å². The monoisotopic (exact) mass is 438 g/mol. The van der Waals surface area contributed by atoms with Gasteiger partial charge in [0.15, 0.2) is 4.90 Å². The van der Waals surface area contributed by atoms with Gasteiger partial charge in [0, 0.05) is 6.54 Å². The largest absolute Gasteiger partial charge is 0.490 e. The molecule has 1 amide bonds. The summed E-state index contributed by atoms with van der Waals surface area (Å²) in [5, 5.41) is 0. The summed E-state index contributed by atoms with van der Waals surface area (Å²) in [6.45, 7) is 8.03. The fraction of sp³-hybridized carbons (Fsp3) is 0.381. The van der Waals surface area contributed by atoms with Gasteiger partial charge in [0.1, 0.15) is 24.0 Å². The lowest BCUT2D eigenvalue weighted by molar-refractivity contribution is -0.127. The molecular formula is C21H24F2N2O4S.